The van der Waals surface area contributed by atoms with Crippen LogP contribution in [0.15, 0.2) is 28.7 Å². The maximum absolute atomic E-state index is 12.0. The van der Waals surface area contributed by atoms with Crippen LogP contribution in [-0.2, 0) is 17.6 Å². The van der Waals surface area contributed by atoms with Crippen LogP contribution >= 0.6 is 0 Å². The van der Waals surface area contributed by atoms with Crippen LogP contribution in [0.2, 0.25) is 0 Å². The predicted molar refractivity (Wildman–Crippen MR) is 95.9 cm³/mol. The van der Waals surface area contributed by atoms with Crippen molar-refractivity contribution in [3.63, 3.8) is 0 Å². The Morgan fingerprint density at radius 1 is 1.25 bits per heavy atom. The molecule has 0 aliphatic rings. The van der Waals surface area contributed by atoms with Crippen molar-refractivity contribution < 1.29 is 9.21 Å². The lowest BCUT2D eigenvalue weighted by Gasteiger charge is -2.09. The van der Waals surface area contributed by atoms with E-state index in [-0.39, 0.29) is 12.3 Å². The van der Waals surface area contributed by atoms with Gasteiger partial charge in [-0.25, -0.2) is 4.98 Å². The molecule has 0 saturated carbocycles. The van der Waals surface area contributed by atoms with Crippen molar-refractivity contribution in [3.8, 4) is 11.5 Å². The minimum atomic E-state index is -0.0157. The quantitative estimate of drug-likeness (QED) is 0.757. The van der Waals surface area contributed by atoms with Gasteiger partial charge in [0.15, 0.2) is 0 Å². The first-order valence-corrected chi connectivity index (χ1v) is 8.46. The Morgan fingerprint density at radius 2 is 1.96 bits per heavy atom. The average Bonchev–Trinajstić information content (AvgIpc) is 2.92. The van der Waals surface area contributed by atoms with Crippen molar-refractivity contribution in [1.29, 1.82) is 0 Å². The number of aryl methyl sites for hydroxylation is 2. The number of oxazole rings is 1. The molecule has 24 heavy (non-hydrogen) atoms. The second-order valence-corrected chi connectivity index (χ2v) is 6.26. The molecule has 0 unspecified atom stereocenters. The molecule has 5 nitrogen and oxygen atoms in total. The van der Waals surface area contributed by atoms with Crippen molar-refractivity contribution in [2.75, 3.05) is 27.2 Å². The van der Waals surface area contributed by atoms with Crippen LogP contribution in [0.1, 0.15) is 30.4 Å². The predicted octanol–water partition coefficient (Wildman–Crippen LogP) is 2.82. The first-order valence-electron chi connectivity index (χ1n) is 8.46. The van der Waals surface area contributed by atoms with E-state index in [2.05, 4.69) is 34.3 Å². The van der Waals surface area contributed by atoms with Gasteiger partial charge >= 0.3 is 0 Å². The van der Waals surface area contributed by atoms with Gasteiger partial charge in [-0.2, -0.15) is 0 Å². The number of hydrogen-bond donors (Lipinski definition) is 1. The number of nitrogens with one attached hydrogen (secondary N) is 1. The van der Waals surface area contributed by atoms with Gasteiger partial charge in [0, 0.05) is 12.1 Å². The molecule has 2 rings (SSSR count). The van der Waals surface area contributed by atoms with Crippen LogP contribution in [0.5, 0.6) is 0 Å². The van der Waals surface area contributed by atoms with Gasteiger partial charge in [-0.1, -0.05) is 19.1 Å². The zero-order valence-electron chi connectivity index (χ0n) is 15.1. The van der Waals surface area contributed by atoms with Gasteiger partial charge in [0.05, 0.1) is 12.1 Å². The number of benzene rings is 1. The van der Waals surface area contributed by atoms with E-state index in [4.69, 9.17) is 4.42 Å². The standard InChI is InChI=1S/C19H27N3O2/c1-5-15-7-9-16(10-8-15)19-21-17(14(2)24-19)13-18(23)20-11-6-12-22(3)4/h7-10H,5-6,11-13H2,1-4H3,(H,20,23). The smallest absolute Gasteiger partial charge is 0.226 e. The lowest BCUT2D eigenvalue weighted by atomic mass is 10.1. The van der Waals surface area contributed by atoms with Crippen LogP contribution in [-0.4, -0.2) is 43.0 Å². The second-order valence-electron chi connectivity index (χ2n) is 6.26. The highest BCUT2D eigenvalue weighted by Crippen LogP contribution is 2.22. The average molecular weight is 329 g/mol. The Hall–Kier alpha value is -2.14. The van der Waals surface area contributed by atoms with E-state index >= 15 is 0 Å². The summed E-state index contributed by atoms with van der Waals surface area (Å²) >= 11 is 0. The first-order chi connectivity index (χ1) is 11.5. The molecule has 1 N–H and O–H groups in total. The minimum absolute atomic E-state index is 0.0157. The Labute approximate surface area is 144 Å². The fraction of sp³-hybridized carbons (Fsp3) is 0.474. The summed E-state index contributed by atoms with van der Waals surface area (Å²) in [6.07, 6.45) is 2.19. The topological polar surface area (TPSA) is 58.4 Å². The van der Waals surface area contributed by atoms with Crippen LogP contribution in [0.3, 0.4) is 0 Å². The molecule has 0 bridgehead atoms. The maximum Gasteiger partial charge on any atom is 0.226 e. The summed E-state index contributed by atoms with van der Waals surface area (Å²) in [6.45, 7) is 5.62. The van der Waals surface area contributed by atoms with Crippen molar-refractivity contribution in [3.05, 3.63) is 41.3 Å². The highest BCUT2D eigenvalue weighted by atomic mass is 16.4. The number of hydrogen-bond acceptors (Lipinski definition) is 4. The van der Waals surface area contributed by atoms with Gasteiger partial charge in [0.25, 0.3) is 0 Å². The molecule has 0 atom stereocenters. The summed E-state index contributed by atoms with van der Waals surface area (Å²) in [5.74, 6) is 1.26. The minimum Gasteiger partial charge on any atom is -0.441 e. The van der Waals surface area contributed by atoms with E-state index in [1.807, 2.05) is 33.2 Å². The summed E-state index contributed by atoms with van der Waals surface area (Å²) in [5, 5.41) is 2.93. The van der Waals surface area contributed by atoms with Crippen LogP contribution in [0, 0.1) is 6.92 Å². The third kappa shape index (κ3) is 5.20. The molecule has 5 heteroatoms. The summed E-state index contributed by atoms with van der Waals surface area (Å²) in [7, 11) is 4.05. The summed E-state index contributed by atoms with van der Waals surface area (Å²) in [4.78, 5) is 18.6. The highest BCUT2D eigenvalue weighted by Gasteiger charge is 2.14. The molecule has 0 saturated heterocycles. The molecule has 0 aliphatic heterocycles. The summed E-state index contributed by atoms with van der Waals surface area (Å²) in [5.41, 5.74) is 2.92. The van der Waals surface area contributed by atoms with E-state index in [1.54, 1.807) is 0 Å². The normalized spacial score (nSPS) is 11.0. The number of carbonyl (C=O) groups is 1. The Balaban J connectivity index is 1.94. The largest absolute Gasteiger partial charge is 0.441 e. The molecule has 0 aliphatic carbocycles. The lowest BCUT2D eigenvalue weighted by molar-refractivity contribution is -0.120. The highest BCUT2D eigenvalue weighted by molar-refractivity contribution is 5.78. The van der Waals surface area contributed by atoms with Gasteiger partial charge in [-0.05, 0) is 58.1 Å². The Morgan fingerprint density at radius 3 is 2.58 bits per heavy atom. The van der Waals surface area contributed by atoms with Gasteiger partial charge in [-0.3, -0.25) is 4.79 Å². The monoisotopic (exact) mass is 329 g/mol. The molecule has 2 aromatic rings. The molecule has 1 heterocycles. The third-order valence-corrected chi connectivity index (χ3v) is 3.93. The molecule has 1 aromatic carbocycles. The summed E-state index contributed by atoms with van der Waals surface area (Å²) in [6, 6.07) is 8.17. The van der Waals surface area contributed by atoms with E-state index in [0.29, 0.717) is 23.9 Å². The molecular formula is C19H27N3O2. The lowest BCUT2D eigenvalue weighted by Crippen LogP contribution is -2.28. The van der Waals surface area contributed by atoms with Crippen LogP contribution < -0.4 is 5.32 Å². The van der Waals surface area contributed by atoms with E-state index in [1.165, 1.54) is 5.56 Å². The third-order valence-electron chi connectivity index (χ3n) is 3.93. The van der Waals surface area contributed by atoms with Crippen molar-refractivity contribution >= 4 is 5.91 Å². The van der Waals surface area contributed by atoms with Crippen molar-refractivity contribution in [2.45, 2.75) is 33.1 Å². The molecule has 1 amide bonds. The van der Waals surface area contributed by atoms with Gasteiger partial charge in [-0.15, -0.1) is 0 Å². The van der Waals surface area contributed by atoms with E-state index in [0.717, 1.165) is 24.9 Å². The molecule has 1 aromatic heterocycles. The van der Waals surface area contributed by atoms with E-state index in [9.17, 15) is 4.79 Å². The fourth-order valence-corrected chi connectivity index (χ4v) is 2.44. The zero-order chi connectivity index (χ0) is 17.5. The van der Waals surface area contributed by atoms with Gasteiger partial charge in [0.1, 0.15) is 5.76 Å². The van der Waals surface area contributed by atoms with Crippen LogP contribution in [0.4, 0.5) is 0 Å². The summed E-state index contributed by atoms with van der Waals surface area (Å²) < 4.78 is 5.73. The van der Waals surface area contributed by atoms with E-state index < -0.39 is 0 Å². The first kappa shape index (κ1) is 18.2. The molecule has 0 fully saturated rings. The molecule has 130 valence electrons. The van der Waals surface area contributed by atoms with Gasteiger partial charge < -0.3 is 14.6 Å². The van der Waals surface area contributed by atoms with Crippen molar-refractivity contribution in [1.82, 2.24) is 15.2 Å². The number of nitrogens with zero attached hydrogens (tertiary/aromatic N) is 2. The number of amides is 1. The van der Waals surface area contributed by atoms with Crippen molar-refractivity contribution in [2.24, 2.45) is 0 Å². The Kier molecular flexibility index (Phi) is 6.55. The molecule has 0 spiro atoms. The number of rotatable bonds is 8. The van der Waals surface area contributed by atoms with Crippen LogP contribution in [0.25, 0.3) is 11.5 Å². The number of aromatic nitrogens is 1. The Bertz CT molecular complexity index is 660. The molecular weight excluding hydrogens is 302 g/mol. The maximum atomic E-state index is 12.0. The van der Waals surface area contributed by atoms with Gasteiger partial charge in [0.2, 0.25) is 11.8 Å². The zero-order valence-corrected chi connectivity index (χ0v) is 15.1. The molecule has 0 radical (unpaired) electrons. The fourth-order valence-electron chi connectivity index (χ4n) is 2.44. The number of carbonyl (C=O) groups excluding carboxylic acids is 1. The SMILES string of the molecule is CCc1ccc(-c2nc(CC(=O)NCCCN(C)C)c(C)o2)cc1. The second kappa shape index (κ2) is 8.64.